The normalized spacial score (nSPS) is 11.1. The highest BCUT2D eigenvalue weighted by Crippen LogP contribution is 2.39. The fraction of sp³-hybridized carbons (Fsp3) is 0. The summed E-state index contributed by atoms with van der Waals surface area (Å²) in [5.41, 5.74) is 8.68. The molecule has 0 spiro atoms. The van der Waals surface area contributed by atoms with E-state index in [1.807, 2.05) is 121 Å². The Hall–Kier alpha value is -6.38. The van der Waals surface area contributed by atoms with Crippen LogP contribution in [0.5, 0.6) is 0 Å². The Balaban J connectivity index is 1.32. The van der Waals surface area contributed by atoms with Gasteiger partial charge in [-0.25, -0.2) is 15.0 Å². The predicted octanol–water partition coefficient (Wildman–Crippen LogP) is 9.98. The summed E-state index contributed by atoms with van der Waals surface area (Å²) in [5.74, 6) is 1.63. The van der Waals surface area contributed by atoms with Crippen molar-refractivity contribution in [2.45, 2.75) is 0 Å². The number of aromatic nitrogens is 3. The van der Waals surface area contributed by atoms with Gasteiger partial charge in [-0.15, -0.1) is 0 Å². The van der Waals surface area contributed by atoms with Crippen LogP contribution in [0.4, 0.5) is 0 Å². The Kier molecular flexibility index (Phi) is 6.44. The number of hydrogen-bond donors (Lipinski definition) is 0. The van der Waals surface area contributed by atoms with Crippen LogP contribution < -0.4 is 0 Å². The van der Waals surface area contributed by atoms with E-state index in [1.165, 1.54) is 0 Å². The maximum Gasteiger partial charge on any atom is 0.164 e. The second-order valence-electron chi connectivity index (χ2n) is 10.7. The second kappa shape index (κ2) is 11.0. The van der Waals surface area contributed by atoms with Crippen molar-refractivity contribution >= 4 is 21.9 Å². The molecule has 5 heteroatoms. The summed E-state index contributed by atoms with van der Waals surface area (Å²) in [7, 11) is 0. The van der Waals surface area contributed by atoms with Crippen molar-refractivity contribution in [3.63, 3.8) is 0 Å². The molecule has 210 valence electrons. The predicted molar refractivity (Wildman–Crippen MR) is 179 cm³/mol. The average molecular weight is 577 g/mol. The van der Waals surface area contributed by atoms with Crippen LogP contribution in [0, 0.1) is 11.3 Å². The minimum absolute atomic E-state index is 0.526. The van der Waals surface area contributed by atoms with Gasteiger partial charge in [-0.3, -0.25) is 0 Å². The van der Waals surface area contributed by atoms with Gasteiger partial charge in [0, 0.05) is 33.0 Å². The van der Waals surface area contributed by atoms with Crippen molar-refractivity contribution in [2.24, 2.45) is 0 Å². The first kappa shape index (κ1) is 26.3. The highest BCUT2D eigenvalue weighted by molar-refractivity contribution is 6.13. The Bertz CT molecular complexity index is 2390. The zero-order chi connectivity index (χ0) is 30.2. The SMILES string of the molecule is N#Cc1ccccc1-c1ccccc1-c1nc(-c2ccccc2)nc(-c2ccc3c(c2)oc2cccc(-c4ccccc4)c23)n1. The molecule has 2 aromatic heterocycles. The summed E-state index contributed by atoms with van der Waals surface area (Å²) in [6.07, 6.45) is 0. The van der Waals surface area contributed by atoms with Gasteiger partial charge in [-0.2, -0.15) is 5.26 Å². The monoisotopic (exact) mass is 576 g/mol. The highest BCUT2D eigenvalue weighted by atomic mass is 16.3. The number of nitrogens with zero attached hydrogens (tertiary/aromatic N) is 4. The molecule has 2 heterocycles. The smallest absolute Gasteiger partial charge is 0.164 e. The highest BCUT2D eigenvalue weighted by Gasteiger charge is 2.18. The fourth-order valence-electron chi connectivity index (χ4n) is 5.89. The van der Waals surface area contributed by atoms with Gasteiger partial charge in [0.15, 0.2) is 17.5 Å². The van der Waals surface area contributed by atoms with Gasteiger partial charge in [0.1, 0.15) is 11.2 Å². The number of hydrogen-bond acceptors (Lipinski definition) is 5. The Morgan fingerprint density at radius 2 is 1.04 bits per heavy atom. The quantitative estimate of drug-likeness (QED) is 0.204. The molecule has 0 aliphatic carbocycles. The Morgan fingerprint density at radius 1 is 0.444 bits per heavy atom. The Morgan fingerprint density at radius 3 is 1.80 bits per heavy atom. The zero-order valence-corrected chi connectivity index (χ0v) is 24.1. The van der Waals surface area contributed by atoms with Gasteiger partial charge < -0.3 is 4.42 Å². The molecular formula is C40H24N4O. The average Bonchev–Trinajstić information content (AvgIpc) is 3.50. The molecule has 0 atom stereocenters. The number of nitriles is 1. The molecule has 0 fully saturated rings. The number of fused-ring (bicyclic) bond motifs is 3. The van der Waals surface area contributed by atoms with E-state index >= 15 is 0 Å². The van der Waals surface area contributed by atoms with E-state index in [2.05, 4.69) is 30.3 Å². The lowest BCUT2D eigenvalue weighted by Crippen LogP contribution is -2.01. The van der Waals surface area contributed by atoms with Crippen LogP contribution >= 0.6 is 0 Å². The molecule has 5 nitrogen and oxygen atoms in total. The van der Waals surface area contributed by atoms with Gasteiger partial charge >= 0.3 is 0 Å². The summed E-state index contributed by atoms with van der Waals surface area (Å²) < 4.78 is 6.41. The van der Waals surface area contributed by atoms with Crippen LogP contribution in [0.2, 0.25) is 0 Å². The number of rotatable bonds is 5. The summed E-state index contributed by atoms with van der Waals surface area (Å²) in [6, 6.07) is 50.4. The first-order chi connectivity index (χ1) is 22.3. The summed E-state index contributed by atoms with van der Waals surface area (Å²) in [4.78, 5) is 14.9. The molecule has 45 heavy (non-hydrogen) atoms. The van der Waals surface area contributed by atoms with Crippen LogP contribution in [0.1, 0.15) is 5.56 Å². The number of benzene rings is 6. The molecule has 0 amide bonds. The number of furan rings is 1. The molecule has 0 unspecified atom stereocenters. The minimum Gasteiger partial charge on any atom is -0.456 e. The van der Waals surface area contributed by atoms with E-state index in [1.54, 1.807) is 0 Å². The molecule has 6 aromatic carbocycles. The summed E-state index contributed by atoms with van der Waals surface area (Å²) >= 11 is 0. The third kappa shape index (κ3) is 4.71. The van der Waals surface area contributed by atoms with Gasteiger partial charge in [0.05, 0.1) is 11.6 Å². The third-order valence-corrected chi connectivity index (χ3v) is 8.01. The second-order valence-corrected chi connectivity index (χ2v) is 10.7. The largest absolute Gasteiger partial charge is 0.456 e. The van der Waals surface area contributed by atoms with Crippen molar-refractivity contribution in [1.82, 2.24) is 15.0 Å². The van der Waals surface area contributed by atoms with E-state index in [0.29, 0.717) is 23.0 Å². The molecule has 0 bridgehead atoms. The van der Waals surface area contributed by atoms with Crippen molar-refractivity contribution in [1.29, 1.82) is 5.26 Å². The van der Waals surface area contributed by atoms with Crippen molar-refractivity contribution < 1.29 is 4.42 Å². The molecule has 0 aliphatic heterocycles. The van der Waals surface area contributed by atoms with Gasteiger partial charge in [0.2, 0.25) is 0 Å². The lowest BCUT2D eigenvalue weighted by atomic mass is 9.95. The van der Waals surface area contributed by atoms with Crippen molar-refractivity contribution in [2.75, 3.05) is 0 Å². The van der Waals surface area contributed by atoms with Crippen LogP contribution in [-0.4, -0.2) is 15.0 Å². The lowest BCUT2D eigenvalue weighted by Gasteiger charge is -2.12. The van der Waals surface area contributed by atoms with Gasteiger partial charge in [-0.05, 0) is 41.0 Å². The van der Waals surface area contributed by atoms with E-state index in [-0.39, 0.29) is 0 Å². The summed E-state index contributed by atoms with van der Waals surface area (Å²) in [6.45, 7) is 0. The Labute approximate surface area is 259 Å². The van der Waals surface area contributed by atoms with Crippen LogP contribution in [-0.2, 0) is 0 Å². The van der Waals surface area contributed by atoms with Crippen molar-refractivity contribution in [3.05, 3.63) is 151 Å². The molecule has 0 radical (unpaired) electrons. The molecule has 8 rings (SSSR count). The van der Waals surface area contributed by atoms with Crippen molar-refractivity contribution in [3.8, 4) is 62.5 Å². The van der Waals surface area contributed by atoms with E-state index < -0.39 is 0 Å². The van der Waals surface area contributed by atoms with E-state index in [0.717, 1.165) is 60.9 Å². The molecular weight excluding hydrogens is 552 g/mol. The third-order valence-electron chi connectivity index (χ3n) is 8.01. The maximum absolute atomic E-state index is 9.85. The first-order valence-electron chi connectivity index (χ1n) is 14.7. The first-order valence-corrected chi connectivity index (χ1v) is 14.7. The van der Waals surface area contributed by atoms with Crippen LogP contribution in [0.15, 0.2) is 150 Å². The molecule has 8 aromatic rings. The standard InChI is InChI=1S/C40H24N4O/c41-25-29-16-7-8-17-30(29)32-18-9-10-19-33(32)40-43-38(27-14-5-2-6-15-27)42-39(44-40)28-22-23-34-36(24-28)45-35-21-11-20-31(37(34)35)26-12-3-1-4-13-26/h1-24H. The maximum atomic E-state index is 9.85. The van der Waals surface area contributed by atoms with Gasteiger partial charge in [-0.1, -0.05) is 121 Å². The van der Waals surface area contributed by atoms with Crippen LogP contribution in [0.25, 0.3) is 78.4 Å². The fourth-order valence-corrected chi connectivity index (χ4v) is 5.89. The molecule has 0 saturated carbocycles. The minimum atomic E-state index is 0.526. The zero-order valence-electron chi connectivity index (χ0n) is 24.1. The van der Waals surface area contributed by atoms with Gasteiger partial charge in [0.25, 0.3) is 0 Å². The molecule has 0 saturated heterocycles. The van der Waals surface area contributed by atoms with Crippen LogP contribution in [0.3, 0.4) is 0 Å². The topological polar surface area (TPSA) is 75.6 Å². The summed E-state index contributed by atoms with van der Waals surface area (Å²) in [5, 5.41) is 12.0. The molecule has 0 aliphatic rings. The van der Waals surface area contributed by atoms with E-state index in [4.69, 9.17) is 19.4 Å². The van der Waals surface area contributed by atoms with E-state index in [9.17, 15) is 5.26 Å². The lowest BCUT2D eigenvalue weighted by molar-refractivity contribution is 0.669. The molecule has 0 N–H and O–H groups in total.